The van der Waals surface area contributed by atoms with E-state index in [1.165, 1.54) is 24.0 Å². The summed E-state index contributed by atoms with van der Waals surface area (Å²) in [5.41, 5.74) is 4.50. The van der Waals surface area contributed by atoms with Gasteiger partial charge in [0.2, 0.25) is 5.91 Å². The van der Waals surface area contributed by atoms with Crippen molar-refractivity contribution in [2.45, 2.75) is 52.5 Å². The number of aryl methyl sites for hydroxylation is 2. The van der Waals surface area contributed by atoms with Crippen molar-refractivity contribution in [2.75, 3.05) is 13.1 Å². The lowest BCUT2D eigenvalue weighted by atomic mass is 10.1. The molecule has 1 unspecified atom stereocenters. The molecule has 0 saturated carbocycles. The summed E-state index contributed by atoms with van der Waals surface area (Å²) in [6, 6.07) is 4.05. The van der Waals surface area contributed by atoms with Gasteiger partial charge in [0, 0.05) is 13.1 Å². The molecule has 0 N–H and O–H groups in total. The predicted octanol–water partition coefficient (Wildman–Crippen LogP) is 3.62. The first-order chi connectivity index (χ1) is 10.6. The summed E-state index contributed by atoms with van der Waals surface area (Å²) in [4.78, 5) is 19.3. The number of rotatable bonds is 2. The van der Waals surface area contributed by atoms with Crippen LogP contribution < -0.4 is 0 Å². The van der Waals surface area contributed by atoms with Crippen LogP contribution in [0.3, 0.4) is 0 Å². The van der Waals surface area contributed by atoms with E-state index in [0.717, 1.165) is 37.0 Å². The Morgan fingerprint density at radius 3 is 2.41 bits per heavy atom. The van der Waals surface area contributed by atoms with Crippen molar-refractivity contribution >= 4 is 16.9 Å². The van der Waals surface area contributed by atoms with Gasteiger partial charge in [0.1, 0.15) is 6.04 Å². The molecule has 1 saturated heterocycles. The first-order valence-electron chi connectivity index (χ1n) is 8.30. The molecule has 118 valence electrons. The number of hydrogen-bond donors (Lipinski definition) is 0. The lowest BCUT2D eigenvalue weighted by Gasteiger charge is -2.25. The fourth-order valence-electron chi connectivity index (χ4n) is 3.27. The van der Waals surface area contributed by atoms with Crippen LogP contribution in [0.25, 0.3) is 11.0 Å². The van der Waals surface area contributed by atoms with E-state index in [4.69, 9.17) is 0 Å². The molecule has 1 aromatic heterocycles. The number of benzene rings is 1. The molecule has 2 aromatic rings. The summed E-state index contributed by atoms with van der Waals surface area (Å²) in [6.45, 7) is 7.98. The second-order valence-electron chi connectivity index (χ2n) is 6.49. The molecule has 1 aliphatic heterocycles. The minimum atomic E-state index is -0.190. The van der Waals surface area contributed by atoms with Gasteiger partial charge in [-0.2, -0.15) is 0 Å². The normalized spacial score (nSPS) is 17.5. The van der Waals surface area contributed by atoms with E-state index in [-0.39, 0.29) is 11.9 Å². The van der Waals surface area contributed by atoms with E-state index >= 15 is 0 Å². The average Bonchev–Trinajstić information content (AvgIpc) is 2.74. The highest BCUT2D eigenvalue weighted by atomic mass is 16.2. The van der Waals surface area contributed by atoms with Crippen molar-refractivity contribution in [3.63, 3.8) is 0 Å². The van der Waals surface area contributed by atoms with E-state index in [1.54, 1.807) is 0 Å². The van der Waals surface area contributed by atoms with Gasteiger partial charge in [-0.05, 0) is 56.9 Å². The molecule has 0 bridgehead atoms. The van der Waals surface area contributed by atoms with Gasteiger partial charge < -0.3 is 9.47 Å². The maximum absolute atomic E-state index is 12.8. The Balaban J connectivity index is 1.89. The summed E-state index contributed by atoms with van der Waals surface area (Å²) < 4.78 is 2.02. The minimum absolute atomic E-state index is 0.190. The molecule has 1 fully saturated rings. The summed E-state index contributed by atoms with van der Waals surface area (Å²) in [7, 11) is 0. The predicted molar refractivity (Wildman–Crippen MR) is 89.0 cm³/mol. The highest BCUT2D eigenvalue weighted by Gasteiger charge is 2.23. The first kappa shape index (κ1) is 15.1. The van der Waals surface area contributed by atoms with Crippen LogP contribution in [0.5, 0.6) is 0 Å². The number of nitrogens with zero attached hydrogens (tertiary/aromatic N) is 3. The van der Waals surface area contributed by atoms with Crippen LogP contribution in [-0.4, -0.2) is 33.4 Å². The van der Waals surface area contributed by atoms with E-state index in [0.29, 0.717) is 0 Å². The van der Waals surface area contributed by atoms with E-state index in [9.17, 15) is 4.79 Å². The fraction of sp³-hybridized carbons (Fsp3) is 0.556. The molecule has 0 aliphatic carbocycles. The molecule has 0 spiro atoms. The van der Waals surface area contributed by atoms with Gasteiger partial charge in [0.25, 0.3) is 0 Å². The number of amides is 1. The minimum Gasteiger partial charge on any atom is -0.341 e. The lowest BCUT2D eigenvalue weighted by molar-refractivity contribution is -0.134. The SMILES string of the molecule is Cc1cc2ncn(C(C)C(=O)N3CCCCCC3)c2cc1C. The van der Waals surface area contributed by atoms with Crippen molar-refractivity contribution in [3.05, 3.63) is 29.6 Å². The van der Waals surface area contributed by atoms with Crippen LogP contribution in [0.2, 0.25) is 0 Å². The Bertz CT molecular complexity index is 681. The van der Waals surface area contributed by atoms with Gasteiger partial charge in [-0.1, -0.05) is 12.8 Å². The number of carbonyl (C=O) groups is 1. The largest absolute Gasteiger partial charge is 0.341 e. The van der Waals surface area contributed by atoms with Crippen molar-refractivity contribution in [2.24, 2.45) is 0 Å². The summed E-state index contributed by atoms with van der Waals surface area (Å²) in [5, 5.41) is 0. The number of imidazole rings is 1. The molecule has 4 nitrogen and oxygen atoms in total. The molecule has 4 heteroatoms. The van der Waals surface area contributed by atoms with Gasteiger partial charge >= 0.3 is 0 Å². The summed E-state index contributed by atoms with van der Waals surface area (Å²) in [6.07, 6.45) is 6.54. The topological polar surface area (TPSA) is 38.1 Å². The number of likely N-dealkylation sites (tertiary alicyclic amines) is 1. The molecule has 1 aromatic carbocycles. The number of carbonyl (C=O) groups excluding carboxylic acids is 1. The average molecular weight is 299 g/mol. The standard InChI is InChI=1S/C18H25N3O/c1-13-10-16-17(11-14(13)2)21(12-19-16)15(3)18(22)20-8-6-4-5-7-9-20/h10-12,15H,4-9H2,1-3H3. The number of hydrogen-bond acceptors (Lipinski definition) is 2. The fourth-order valence-corrected chi connectivity index (χ4v) is 3.27. The Morgan fingerprint density at radius 2 is 1.73 bits per heavy atom. The monoisotopic (exact) mass is 299 g/mol. The van der Waals surface area contributed by atoms with Crippen molar-refractivity contribution < 1.29 is 4.79 Å². The maximum Gasteiger partial charge on any atom is 0.245 e. The second-order valence-corrected chi connectivity index (χ2v) is 6.49. The van der Waals surface area contributed by atoms with Gasteiger partial charge in [-0.3, -0.25) is 4.79 Å². The van der Waals surface area contributed by atoms with Crippen LogP contribution in [0.15, 0.2) is 18.5 Å². The molecule has 0 radical (unpaired) electrons. The number of aromatic nitrogens is 2. The van der Waals surface area contributed by atoms with Crippen LogP contribution >= 0.6 is 0 Å². The molecule has 22 heavy (non-hydrogen) atoms. The van der Waals surface area contributed by atoms with Gasteiger partial charge in [-0.25, -0.2) is 4.98 Å². The quantitative estimate of drug-likeness (QED) is 0.849. The lowest BCUT2D eigenvalue weighted by Crippen LogP contribution is -2.36. The van der Waals surface area contributed by atoms with Crippen molar-refractivity contribution in [1.29, 1.82) is 0 Å². The van der Waals surface area contributed by atoms with Gasteiger partial charge in [0.05, 0.1) is 17.4 Å². The Morgan fingerprint density at radius 1 is 1.09 bits per heavy atom. The van der Waals surface area contributed by atoms with Gasteiger partial charge in [-0.15, -0.1) is 0 Å². The van der Waals surface area contributed by atoms with E-state index in [1.807, 2.05) is 22.7 Å². The van der Waals surface area contributed by atoms with Crippen LogP contribution in [-0.2, 0) is 4.79 Å². The molecule has 1 amide bonds. The van der Waals surface area contributed by atoms with Gasteiger partial charge in [0.15, 0.2) is 0 Å². The maximum atomic E-state index is 12.8. The molecular weight excluding hydrogens is 274 g/mol. The van der Waals surface area contributed by atoms with Crippen molar-refractivity contribution in [1.82, 2.24) is 14.5 Å². The van der Waals surface area contributed by atoms with E-state index < -0.39 is 0 Å². The third kappa shape index (κ3) is 2.74. The van der Waals surface area contributed by atoms with Crippen LogP contribution in [0.4, 0.5) is 0 Å². The third-order valence-electron chi connectivity index (χ3n) is 4.88. The Hall–Kier alpha value is -1.84. The number of fused-ring (bicyclic) bond motifs is 1. The Kier molecular flexibility index (Phi) is 4.19. The molecule has 1 atom stereocenters. The zero-order chi connectivity index (χ0) is 15.7. The zero-order valence-corrected chi connectivity index (χ0v) is 13.8. The molecule has 3 rings (SSSR count). The molecule has 1 aliphatic rings. The summed E-state index contributed by atoms with van der Waals surface area (Å²) in [5.74, 6) is 0.222. The molecule has 2 heterocycles. The van der Waals surface area contributed by atoms with Crippen molar-refractivity contribution in [3.8, 4) is 0 Å². The Labute approximate surface area is 132 Å². The molecular formula is C18H25N3O. The zero-order valence-electron chi connectivity index (χ0n) is 13.8. The second kappa shape index (κ2) is 6.11. The third-order valence-corrected chi connectivity index (χ3v) is 4.88. The highest BCUT2D eigenvalue weighted by molar-refractivity contribution is 5.84. The smallest absolute Gasteiger partial charge is 0.245 e. The summed E-state index contributed by atoms with van der Waals surface area (Å²) >= 11 is 0. The van der Waals surface area contributed by atoms with E-state index in [2.05, 4.69) is 31.0 Å². The van der Waals surface area contributed by atoms with Crippen LogP contribution in [0.1, 0.15) is 49.8 Å². The van der Waals surface area contributed by atoms with Crippen LogP contribution in [0, 0.1) is 13.8 Å². The first-order valence-corrected chi connectivity index (χ1v) is 8.30. The highest BCUT2D eigenvalue weighted by Crippen LogP contribution is 2.23.